The molecule has 1 amide bonds. The predicted octanol–water partition coefficient (Wildman–Crippen LogP) is 5.88. The highest BCUT2D eigenvalue weighted by atomic mass is 19.4. The summed E-state index contributed by atoms with van der Waals surface area (Å²) in [5.41, 5.74) is 3.15. The van der Waals surface area contributed by atoms with Gasteiger partial charge >= 0.3 is 6.36 Å². The second-order valence-electron chi connectivity index (χ2n) is 7.67. The molecule has 0 radical (unpaired) electrons. The van der Waals surface area contributed by atoms with Crippen LogP contribution in [0.4, 0.5) is 13.2 Å². The molecule has 0 atom stereocenters. The van der Waals surface area contributed by atoms with Gasteiger partial charge in [-0.1, -0.05) is 35.9 Å². The van der Waals surface area contributed by atoms with Crippen LogP contribution in [0, 0.1) is 6.92 Å². The van der Waals surface area contributed by atoms with Gasteiger partial charge in [-0.2, -0.15) is 0 Å². The van der Waals surface area contributed by atoms with Crippen molar-refractivity contribution in [3.8, 4) is 28.7 Å². The number of halogens is 3. The van der Waals surface area contributed by atoms with Crippen molar-refractivity contribution < 1.29 is 27.1 Å². The fraction of sp³-hybridized carbons (Fsp3) is 0.160. The molecule has 34 heavy (non-hydrogen) atoms. The molecule has 0 spiro atoms. The quantitative estimate of drug-likeness (QED) is 0.354. The van der Waals surface area contributed by atoms with Gasteiger partial charge < -0.3 is 14.1 Å². The molecule has 0 unspecified atom stereocenters. The van der Waals surface area contributed by atoms with Crippen LogP contribution in [0.3, 0.4) is 0 Å². The summed E-state index contributed by atoms with van der Waals surface area (Å²) in [6, 6.07) is 19.9. The molecular formula is C25H20F3N3O3. The van der Waals surface area contributed by atoms with Gasteiger partial charge in [0.2, 0.25) is 11.8 Å². The Bertz CT molecular complexity index is 1280. The number of hydrogen-bond acceptors (Lipinski definition) is 5. The fourth-order valence-electron chi connectivity index (χ4n) is 3.31. The lowest BCUT2D eigenvalue weighted by atomic mass is 10.1. The van der Waals surface area contributed by atoms with Crippen molar-refractivity contribution in [3.05, 3.63) is 89.5 Å². The van der Waals surface area contributed by atoms with Gasteiger partial charge in [0.15, 0.2) is 0 Å². The highest BCUT2D eigenvalue weighted by molar-refractivity contribution is 5.94. The molecule has 3 aromatic carbocycles. The summed E-state index contributed by atoms with van der Waals surface area (Å²) in [5.74, 6) is -0.0132. The van der Waals surface area contributed by atoms with Crippen molar-refractivity contribution in [1.29, 1.82) is 0 Å². The van der Waals surface area contributed by atoms with Gasteiger partial charge in [-0.05, 0) is 49.4 Å². The maximum Gasteiger partial charge on any atom is 0.573 e. The summed E-state index contributed by atoms with van der Waals surface area (Å²) in [4.78, 5) is 14.1. The molecule has 0 N–H and O–H groups in total. The number of alkyl halides is 3. The smallest absolute Gasteiger partial charge is 0.416 e. The van der Waals surface area contributed by atoms with Crippen LogP contribution in [-0.4, -0.2) is 34.4 Å². The molecule has 0 aliphatic heterocycles. The van der Waals surface area contributed by atoms with Crippen molar-refractivity contribution >= 4 is 5.91 Å². The van der Waals surface area contributed by atoms with E-state index < -0.39 is 6.36 Å². The van der Waals surface area contributed by atoms with Gasteiger partial charge in [-0.25, -0.2) is 0 Å². The summed E-state index contributed by atoms with van der Waals surface area (Å²) in [5, 5.41) is 8.15. The van der Waals surface area contributed by atoms with Gasteiger partial charge in [-0.3, -0.25) is 4.79 Å². The fourth-order valence-corrected chi connectivity index (χ4v) is 3.31. The van der Waals surface area contributed by atoms with Crippen LogP contribution in [0.1, 0.15) is 21.5 Å². The van der Waals surface area contributed by atoms with Crippen LogP contribution in [-0.2, 0) is 6.54 Å². The zero-order chi connectivity index (χ0) is 24.3. The third kappa shape index (κ3) is 5.43. The van der Waals surface area contributed by atoms with Crippen molar-refractivity contribution in [3.63, 3.8) is 0 Å². The molecule has 1 aromatic heterocycles. The van der Waals surface area contributed by atoms with Gasteiger partial charge in [0.05, 0.1) is 0 Å². The third-order valence-electron chi connectivity index (χ3n) is 5.05. The number of amides is 1. The first-order chi connectivity index (χ1) is 16.2. The molecule has 9 heteroatoms. The van der Waals surface area contributed by atoms with Crippen LogP contribution in [0.15, 0.2) is 77.2 Å². The molecule has 0 aliphatic rings. The van der Waals surface area contributed by atoms with Crippen molar-refractivity contribution in [2.24, 2.45) is 0 Å². The minimum absolute atomic E-state index is 0.0591. The van der Waals surface area contributed by atoms with Crippen molar-refractivity contribution in [1.82, 2.24) is 15.1 Å². The van der Waals surface area contributed by atoms with Crippen LogP contribution < -0.4 is 4.74 Å². The first-order valence-electron chi connectivity index (χ1n) is 10.3. The van der Waals surface area contributed by atoms with E-state index in [1.54, 1.807) is 30.3 Å². The topological polar surface area (TPSA) is 68.5 Å². The number of benzene rings is 3. The molecular weight excluding hydrogens is 447 g/mol. The predicted molar refractivity (Wildman–Crippen MR) is 119 cm³/mol. The molecule has 0 saturated heterocycles. The van der Waals surface area contributed by atoms with Crippen LogP contribution in [0.2, 0.25) is 0 Å². The standard InChI is InChI=1S/C25H20F3N3O3/c1-16-7-9-17(10-8-16)22-29-30-23(33-22)18-11-13-19(14-12-18)24(32)31(2)15-20-5-3-4-6-21(20)34-25(26,27)28/h3-14H,15H2,1-2H3. The molecule has 0 aliphatic carbocycles. The third-order valence-corrected chi connectivity index (χ3v) is 5.05. The molecule has 4 rings (SSSR count). The molecule has 0 saturated carbocycles. The maximum absolute atomic E-state index is 12.8. The highest BCUT2D eigenvalue weighted by Gasteiger charge is 2.32. The Balaban J connectivity index is 1.46. The molecule has 1 heterocycles. The number of para-hydroxylation sites is 1. The van der Waals surface area contributed by atoms with E-state index in [0.29, 0.717) is 22.9 Å². The van der Waals surface area contributed by atoms with Crippen molar-refractivity contribution in [2.75, 3.05) is 7.05 Å². The van der Waals surface area contributed by atoms with E-state index in [2.05, 4.69) is 14.9 Å². The van der Waals surface area contributed by atoms with Crippen LogP contribution in [0.25, 0.3) is 22.9 Å². The maximum atomic E-state index is 12.8. The van der Waals surface area contributed by atoms with E-state index in [9.17, 15) is 18.0 Å². The number of rotatable bonds is 6. The Morgan fingerprint density at radius 3 is 2.06 bits per heavy atom. The molecule has 6 nitrogen and oxygen atoms in total. The van der Waals surface area contributed by atoms with Gasteiger partial charge in [0, 0.05) is 35.8 Å². The number of nitrogens with zero attached hydrogens (tertiary/aromatic N) is 3. The Kier molecular flexibility index (Phi) is 6.36. The lowest BCUT2D eigenvalue weighted by Gasteiger charge is -2.20. The Hall–Kier alpha value is -4.14. The number of ether oxygens (including phenoxy) is 1. The highest BCUT2D eigenvalue weighted by Crippen LogP contribution is 2.28. The van der Waals surface area contributed by atoms with Crippen LogP contribution >= 0.6 is 0 Å². The van der Waals surface area contributed by atoms with Gasteiger partial charge in [0.1, 0.15) is 5.75 Å². The lowest BCUT2D eigenvalue weighted by molar-refractivity contribution is -0.275. The SMILES string of the molecule is Cc1ccc(-c2nnc(-c3ccc(C(=O)N(C)Cc4ccccc4OC(F)(F)F)cc3)o2)cc1. The zero-order valence-corrected chi connectivity index (χ0v) is 18.3. The minimum atomic E-state index is -4.82. The number of carbonyl (C=O) groups is 1. The second kappa shape index (κ2) is 9.38. The average Bonchev–Trinajstić information content (AvgIpc) is 3.30. The minimum Gasteiger partial charge on any atom is -0.416 e. The van der Waals surface area contributed by atoms with Crippen LogP contribution in [0.5, 0.6) is 5.75 Å². The summed E-state index contributed by atoms with van der Waals surface area (Å²) < 4.78 is 47.8. The average molecular weight is 467 g/mol. The zero-order valence-electron chi connectivity index (χ0n) is 18.3. The largest absolute Gasteiger partial charge is 0.573 e. The van der Waals surface area contributed by atoms with E-state index in [-0.39, 0.29) is 23.8 Å². The number of aromatic nitrogens is 2. The monoisotopic (exact) mass is 467 g/mol. The molecule has 0 bridgehead atoms. The molecule has 0 fully saturated rings. The lowest BCUT2D eigenvalue weighted by Crippen LogP contribution is -2.27. The number of aryl methyl sites for hydroxylation is 1. The summed E-state index contributed by atoms with van der Waals surface area (Å²) in [6.45, 7) is 1.93. The van der Waals surface area contributed by atoms with E-state index in [1.807, 2.05) is 31.2 Å². The van der Waals surface area contributed by atoms with E-state index in [1.165, 1.54) is 30.1 Å². The normalized spacial score (nSPS) is 11.3. The Labute approximate surface area is 193 Å². The summed E-state index contributed by atoms with van der Waals surface area (Å²) in [6.07, 6.45) is -4.82. The van der Waals surface area contributed by atoms with Gasteiger partial charge in [-0.15, -0.1) is 23.4 Å². The Morgan fingerprint density at radius 1 is 0.912 bits per heavy atom. The van der Waals surface area contributed by atoms with E-state index in [4.69, 9.17) is 4.42 Å². The first kappa shape index (κ1) is 23.0. The number of carbonyl (C=O) groups excluding carboxylic acids is 1. The summed E-state index contributed by atoms with van der Waals surface area (Å²) >= 11 is 0. The second-order valence-corrected chi connectivity index (χ2v) is 7.67. The van der Waals surface area contributed by atoms with Crippen molar-refractivity contribution in [2.45, 2.75) is 19.8 Å². The molecule has 4 aromatic rings. The summed E-state index contributed by atoms with van der Waals surface area (Å²) in [7, 11) is 1.51. The van der Waals surface area contributed by atoms with Gasteiger partial charge in [0.25, 0.3) is 5.91 Å². The van der Waals surface area contributed by atoms with E-state index in [0.717, 1.165) is 11.1 Å². The first-order valence-corrected chi connectivity index (χ1v) is 10.3. The Morgan fingerprint density at radius 2 is 1.47 bits per heavy atom. The molecule has 174 valence electrons. The van der Waals surface area contributed by atoms with E-state index >= 15 is 0 Å². The number of hydrogen-bond donors (Lipinski definition) is 0.